The zero-order valence-electron chi connectivity index (χ0n) is 11.7. The first-order valence-electron chi connectivity index (χ1n) is 5.91. The summed E-state index contributed by atoms with van der Waals surface area (Å²) in [6.07, 6.45) is 0.744. The van der Waals surface area contributed by atoms with E-state index in [0.29, 0.717) is 0 Å². The van der Waals surface area contributed by atoms with E-state index in [1.54, 1.807) is 26.2 Å². The number of rotatable bonds is 3. The minimum absolute atomic E-state index is 0.264. The second-order valence-electron chi connectivity index (χ2n) is 5.09. The highest BCUT2D eigenvalue weighted by atomic mass is 19.1. The molecule has 21 heavy (non-hydrogen) atoms. The minimum atomic E-state index is -1.02. The molecule has 0 atom stereocenters. The van der Waals surface area contributed by atoms with E-state index in [1.165, 1.54) is 0 Å². The van der Waals surface area contributed by atoms with E-state index in [9.17, 15) is 18.4 Å². The largest absolute Gasteiger partial charge is 0.456 e. The van der Waals surface area contributed by atoms with Gasteiger partial charge < -0.3 is 10.5 Å². The van der Waals surface area contributed by atoms with Crippen LogP contribution < -0.4 is 11.2 Å². The summed E-state index contributed by atoms with van der Waals surface area (Å²) in [4.78, 5) is 22.1. The fourth-order valence-corrected chi connectivity index (χ4v) is 1.32. The van der Waals surface area contributed by atoms with Gasteiger partial charge in [-0.25, -0.2) is 23.8 Å². The van der Waals surface area contributed by atoms with E-state index < -0.39 is 34.8 Å². The molecule has 114 valence electrons. The zero-order chi connectivity index (χ0) is 16.2. The number of hydrogen-bond acceptors (Lipinski definition) is 4. The van der Waals surface area contributed by atoms with Crippen molar-refractivity contribution in [3.63, 3.8) is 0 Å². The van der Waals surface area contributed by atoms with Crippen LogP contribution in [0.2, 0.25) is 0 Å². The van der Waals surface area contributed by atoms with Crippen molar-refractivity contribution in [2.45, 2.75) is 26.4 Å². The van der Waals surface area contributed by atoms with Crippen LogP contribution in [0.5, 0.6) is 0 Å². The molecular weight excluding hydrogens is 284 g/mol. The first kappa shape index (κ1) is 16.5. The molecule has 8 heteroatoms. The molecule has 0 saturated heterocycles. The molecule has 0 aliphatic carbocycles. The van der Waals surface area contributed by atoms with E-state index in [1.807, 2.05) is 0 Å². The van der Waals surface area contributed by atoms with Crippen LogP contribution in [0.3, 0.4) is 0 Å². The van der Waals surface area contributed by atoms with E-state index in [4.69, 9.17) is 10.5 Å². The number of hydrogen-bond donors (Lipinski definition) is 2. The zero-order valence-corrected chi connectivity index (χ0v) is 11.7. The molecule has 1 aromatic carbocycles. The van der Waals surface area contributed by atoms with Gasteiger partial charge in [-0.2, -0.15) is 5.10 Å². The monoisotopic (exact) mass is 299 g/mol. The van der Waals surface area contributed by atoms with Gasteiger partial charge in [0.05, 0.1) is 17.3 Å². The lowest BCUT2D eigenvalue weighted by Crippen LogP contribution is -2.25. The van der Waals surface area contributed by atoms with E-state index in [0.717, 1.165) is 18.3 Å². The number of urea groups is 1. The molecule has 0 aromatic heterocycles. The summed E-state index contributed by atoms with van der Waals surface area (Å²) in [7, 11) is 0. The van der Waals surface area contributed by atoms with Crippen LogP contribution in [0.4, 0.5) is 13.6 Å². The maximum Gasteiger partial charge on any atom is 0.338 e. The first-order valence-corrected chi connectivity index (χ1v) is 5.91. The van der Waals surface area contributed by atoms with Crippen molar-refractivity contribution in [1.29, 1.82) is 0 Å². The van der Waals surface area contributed by atoms with Crippen LogP contribution >= 0.6 is 0 Å². The lowest BCUT2D eigenvalue weighted by Gasteiger charge is -2.19. The number of nitrogens with one attached hydrogen (secondary N) is 1. The van der Waals surface area contributed by atoms with Crippen LogP contribution in [0.15, 0.2) is 17.2 Å². The third-order valence-corrected chi connectivity index (χ3v) is 2.08. The van der Waals surface area contributed by atoms with Crippen molar-refractivity contribution in [3.05, 3.63) is 34.9 Å². The van der Waals surface area contributed by atoms with Crippen molar-refractivity contribution >= 4 is 18.2 Å². The molecule has 0 aliphatic heterocycles. The predicted octanol–water partition coefficient (Wildman–Crippen LogP) is 1.92. The van der Waals surface area contributed by atoms with Crippen molar-refractivity contribution in [2.75, 3.05) is 0 Å². The fraction of sp³-hybridized carbons (Fsp3) is 0.308. The van der Waals surface area contributed by atoms with Gasteiger partial charge in [0.2, 0.25) is 0 Å². The summed E-state index contributed by atoms with van der Waals surface area (Å²) in [6, 6.07) is 0.670. The molecule has 0 fully saturated rings. The van der Waals surface area contributed by atoms with Gasteiger partial charge in [0, 0.05) is 0 Å². The van der Waals surface area contributed by atoms with Gasteiger partial charge in [-0.15, -0.1) is 0 Å². The van der Waals surface area contributed by atoms with Crippen molar-refractivity contribution in [2.24, 2.45) is 10.8 Å². The first-order chi connectivity index (χ1) is 9.60. The number of halogens is 2. The second-order valence-corrected chi connectivity index (χ2v) is 5.09. The molecule has 2 amide bonds. The molecule has 1 aromatic rings. The van der Waals surface area contributed by atoms with Crippen LogP contribution in [-0.2, 0) is 4.74 Å². The SMILES string of the molecule is CC(C)(C)OC(=O)c1cc(F)c(C=NNC(N)=O)c(F)c1. The number of carbonyl (C=O) groups is 2. The molecule has 0 spiro atoms. The van der Waals surface area contributed by atoms with Gasteiger partial charge in [-0.3, -0.25) is 0 Å². The number of primary amides is 1. The topological polar surface area (TPSA) is 93.8 Å². The highest BCUT2D eigenvalue weighted by Gasteiger charge is 2.20. The highest BCUT2D eigenvalue weighted by molar-refractivity contribution is 5.91. The standard InChI is InChI=1S/C13H15F2N3O3/c1-13(2,3)21-11(19)7-4-9(14)8(10(15)5-7)6-17-18-12(16)20/h4-6H,1-3H3,(H3,16,18,20). The molecule has 3 N–H and O–H groups in total. The third-order valence-electron chi connectivity index (χ3n) is 2.08. The quantitative estimate of drug-likeness (QED) is 0.507. The van der Waals surface area contributed by atoms with Crippen molar-refractivity contribution < 1.29 is 23.1 Å². The van der Waals surface area contributed by atoms with Gasteiger partial charge in [-0.1, -0.05) is 0 Å². The van der Waals surface area contributed by atoms with Gasteiger partial charge in [0.25, 0.3) is 0 Å². The number of hydrazone groups is 1. The predicted molar refractivity (Wildman–Crippen MR) is 71.8 cm³/mol. The van der Waals surface area contributed by atoms with Crippen molar-refractivity contribution in [3.8, 4) is 0 Å². The molecular formula is C13H15F2N3O3. The van der Waals surface area contributed by atoms with Crippen molar-refractivity contribution in [1.82, 2.24) is 5.43 Å². The maximum atomic E-state index is 13.7. The number of benzene rings is 1. The summed E-state index contributed by atoms with van der Waals surface area (Å²) < 4.78 is 32.5. The van der Waals surface area contributed by atoms with Crippen LogP contribution in [0.25, 0.3) is 0 Å². The summed E-state index contributed by atoms with van der Waals surface area (Å²) in [5.41, 5.74) is 4.98. The fourth-order valence-electron chi connectivity index (χ4n) is 1.32. The Kier molecular flexibility index (Phi) is 4.96. The van der Waals surface area contributed by atoms with Crippen LogP contribution in [-0.4, -0.2) is 23.8 Å². The Labute approximate surface area is 120 Å². The van der Waals surface area contributed by atoms with E-state index in [-0.39, 0.29) is 5.56 Å². The Hall–Kier alpha value is -2.51. The van der Waals surface area contributed by atoms with Gasteiger partial charge in [0.15, 0.2) is 0 Å². The highest BCUT2D eigenvalue weighted by Crippen LogP contribution is 2.17. The molecule has 0 heterocycles. The second kappa shape index (κ2) is 6.29. The molecule has 0 bridgehead atoms. The molecule has 0 radical (unpaired) electrons. The van der Waals surface area contributed by atoms with Gasteiger partial charge >= 0.3 is 12.0 Å². The smallest absolute Gasteiger partial charge is 0.338 e. The summed E-state index contributed by atoms with van der Waals surface area (Å²) in [5, 5.41) is 3.25. The summed E-state index contributed by atoms with van der Waals surface area (Å²) in [5.74, 6) is -2.89. The third kappa shape index (κ3) is 5.17. The molecule has 0 saturated carbocycles. The average molecular weight is 299 g/mol. The molecule has 0 unspecified atom stereocenters. The van der Waals surface area contributed by atoms with Gasteiger partial charge in [0.1, 0.15) is 17.2 Å². The summed E-state index contributed by atoms with van der Waals surface area (Å²) in [6.45, 7) is 4.90. The Balaban J connectivity index is 3.02. The molecule has 6 nitrogen and oxygen atoms in total. The van der Waals surface area contributed by atoms with E-state index >= 15 is 0 Å². The Bertz CT molecular complexity index is 572. The lowest BCUT2D eigenvalue weighted by molar-refractivity contribution is 0.00684. The number of esters is 1. The number of carbonyl (C=O) groups excluding carboxylic acids is 2. The Morgan fingerprint density at radius 2 is 1.81 bits per heavy atom. The molecule has 1 rings (SSSR count). The average Bonchev–Trinajstić information content (AvgIpc) is 2.29. The van der Waals surface area contributed by atoms with Gasteiger partial charge in [-0.05, 0) is 32.9 Å². The minimum Gasteiger partial charge on any atom is -0.456 e. The van der Waals surface area contributed by atoms with Crippen LogP contribution in [0, 0.1) is 11.6 Å². The summed E-state index contributed by atoms with van der Waals surface area (Å²) >= 11 is 0. The number of amides is 2. The maximum absolute atomic E-state index is 13.7. The normalized spacial score (nSPS) is 11.5. The van der Waals surface area contributed by atoms with E-state index in [2.05, 4.69) is 5.10 Å². The number of ether oxygens (including phenoxy) is 1. The Morgan fingerprint density at radius 3 is 2.24 bits per heavy atom. The lowest BCUT2D eigenvalue weighted by atomic mass is 10.1. The number of nitrogens with two attached hydrogens (primary N) is 1. The number of nitrogens with zero attached hydrogens (tertiary/aromatic N) is 1. The Morgan fingerprint density at radius 1 is 1.29 bits per heavy atom. The van der Waals surface area contributed by atoms with Crippen LogP contribution in [0.1, 0.15) is 36.7 Å². The molecule has 0 aliphatic rings.